The van der Waals surface area contributed by atoms with Crippen molar-refractivity contribution in [2.24, 2.45) is 0 Å². The number of carbonyl (C=O) groups excluding carboxylic acids is 3. The van der Waals surface area contributed by atoms with Crippen molar-refractivity contribution < 1.29 is 71.5 Å². The van der Waals surface area contributed by atoms with Crippen molar-refractivity contribution in [3.63, 3.8) is 0 Å². The van der Waals surface area contributed by atoms with Gasteiger partial charge in [-0.25, -0.2) is 0 Å². The van der Waals surface area contributed by atoms with Gasteiger partial charge in [-0.05, 0) is 32.4 Å². The Morgan fingerprint density at radius 3 is 1.44 bits per heavy atom. The number of aliphatic carboxylic acids is 3. The molecule has 2 rings (SSSR count). The van der Waals surface area contributed by atoms with E-state index in [2.05, 4.69) is 0 Å². The summed E-state index contributed by atoms with van der Waals surface area (Å²) in [5, 5.41) is 27.9. The summed E-state index contributed by atoms with van der Waals surface area (Å²) in [5.74, 6) is -3.25. The van der Waals surface area contributed by atoms with Crippen LogP contribution < -0.4 is 15.3 Å². The number of hydrogen-bond acceptors (Lipinski definition) is 6. The number of benzene rings is 2. The molecule has 0 aliphatic carbocycles. The van der Waals surface area contributed by atoms with Crippen LogP contribution in [0, 0.1) is 41.7 Å². The maximum atomic E-state index is 8.89. The SMILES string of the molecule is CC(=O)[O-].CC(=O)[O-].CC(=O)[O-].Clc1cccc(-c2ccccc2)c1Cl.[Ce+3]. The number of carboxylic acids is 3. The molecule has 0 aromatic heterocycles. The van der Waals surface area contributed by atoms with Gasteiger partial charge in [0.1, 0.15) is 0 Å². The molecule has 0 aliphatic heterocycles. The van der Waals surface area contributed by atoms with Gasteiger partial charge in [-0.15, -0.1) is 0 Å². The van der Waals surface area contributed by atoms with Crippen molar-refractivity contribution in [1.29, 1.82) is 0 Å². The van der Waals surface area contributed by atoms with Crippen LogP contribution in [-0.2, 0) is 14.4 Å². The number of carboxylic acid groups (broad SMARTS) is 3. The van der Waals surface area contributed by atoms with Crippen molar-refractivity contribution in [2.45, 2.75) is 20.8 Å². The van der Waals surface area contributed by atoms with Crippen LogP contribution >= 0.6 is 23.2 Å². The molecule has 0 aliphatic rings. The number of carbonyl (C=O) groups is 3. The normalized spacial score (nSPS) is 8.04. The van der Waals surface area contributed by atoms with E-state index in [1.54, 1.807) is 6.07 Å². The fraction of sp³-hybridized carbons (Fsp3) is 0.167. The molecule has 0 amide bonds. The number of rotatable bonds is 1. The minimum absolute atomic E-state index is 0. The van der Waals surface area contributed by atoms with Gasteiger partial charge < -0.3 is 29.7 Å². The van der Waals surface area contributed by atoms with Crippen LogP contribution in [0.4, 0.5) is 0 Å². The van der Waals surface area contributed by atoms with Gasteiger partial charge in [0.05, 0.1) is 10.0 Å². The third-order valence-corrected chi connectivity index (χ3v) is 2.86. The van der Waals surface area contributed by atoms with Gasteiger partial charge in [0.15, 0.2) is 0 Å². The third-order valence-electron chi connectivity index (χ3n) is 2.04. The quantitative estimate of drug-likeness (QED) is 0.531. The number of hydrogen-bond donors (Lipinski definition) is 0. The summed E-state index contributed by atoms with van der Waals surface area (Å²) in [6.45, 7) is 2.92. The van der Waals surface area contributed by atoms with E-state index in [1.165, 1.54) is 0 Å². The van der Waals surface area contributed by atoms with Crippen LogP contribution in [0.5, 0.6) is 0 Å². The molecule has 0 heterocycles. The largest absolute Gasteiger partial charge is 3.00 e. The maximum Gasteiger partial charge on any atom is 3.00 e. The number of halogens is 2. The molecule has 0 saturated heterocycles. The van der Waals surface area contributed by atoms with E-state index in [9.17, 15) is 0 Å². The van der Waals surface area contributed by atoms with E-state index in [0.717, 1.165) is 31.9 Å². The van der Waals surface area contributed by atoms with Crippen LogP contribution in [0.2, 0.25) is 10.0 Å². The van der Waals surface area contributed by atoms with Gasteiger partial charge in [-0.2, -0.15) is 0 Å². The Kier molecular flexibility index (Phi) is 20.6. The first kappa shape index (κ1) is 30.5. The third kappa shape index (κ3) is 21.0. The maximum absolute atomic E-state index is 8.89. The molecule has 0 fully saturated rings. The zero-order chi connectivity index (χ0) is 20.7. The fourth-order valence-electron chi connectivity index (χ4n) is 1.34. The minimum Gasteiger partial charge on any atom is -0.550 e. The fourth-order valence-corrected chi connectivity index (χ4v) is 1.75. The Balaban J connectivity index is -0.000000371. The van der Waals surface area contributed by atoms with E-state index >= 15 is 0 Å². The van der Waals surface area contributed by atoms with Crippen LogP contribution in [0.1, 0.15) is 20.8 Å². The van der Waals surface area contributed by atoms with E-state index in [-0.39, 0.29) is 41.7 Å². The molecule has 1 radical (unpaired) electrons. The zero-order valence-electron chi connectivity index (χ0n) is 14.8. The van der Waals surface area contributed by atoms with Crippen molar-refractivity contribution in [1.82, 2.24) is 0 Å². The average Bonchev–Trinajstić information content (AvgIpc) is 2.49. The Morgan fingerprint density at radius 1 is 0.704 bits per heavy atom. The molecule has 0 atom stereocenters. The summed E-state index contributed by atoms with van der Waals surface area (Å²) in [7, 11) is 0. The monoisotopic (exact) mass is 539 g/mol. The Labute approximate surface area is 201 Å². The van der Waals surface area contributed by atoms with Gasteiger partial charge in [-0.1, -0.05) is 65.7 Å². The van der Waals surface area contributed by atoms with Gasteiger partial charge in [-0.3, -0.25) is 0 Å². The first-order valence-corrected chi connectivity index (χ1v) is 7.76. The predicted molar refractivity (Wildman–Crippen MR) is 93.9 cm³/mol. The molecular weight excluding hydrogens is 523 g/mol. The molecule has 6 nitrogen and oxygen atoms in total. The van der Waals surface area contributed by atoms with E-state index in [4.69, 9.17) is 52.9 Å². The van der Waals surface area contributed by atoms with Crippen molar-refractivity contribution in [2.75, 3.05) is 0 Å². The first-order chi connectivity index (χ1) is 12.0. The van der Waals surface area contributed by atoms with E-state index in [1.807, 2.05) is 42.5 Å². The molecule has 143 valence electrons. The standard InChI is InChI=1S/C12H8Cl2.3C2H4O2.Ce/c13-11-8-4-7-10(12(11)14)9-5-2-1-3-6-9;3*1-2(3)4;/h1-8H;3*1H3,(H,3,4);/q;;;;+3/p-3. The second-order valence-electron chi connectivity index (χ2n) is 4.44. The van der Waals surface area contributed by atoms with Crippen molar-refractivity contribution >= 4 is 41.1 Å². The topological polar surface area (TPSA) is 120 Å². The average molecular weight is 540 g/mol. The van der Waals surface area contributed by atoms with Crippen molar-refractivity contribution in [3.05, 3.63) is 58.6 Å². The summed E-state index contributed by atoms with van der Waals surface area (Å²) in [6.07, 6.45) is 0. The predicted octanol–water partition coefficient (Wildman–Crippen LogP) is 0.929. The van der Waals surface area contributed by atoms with E-state index in [0.29, 0.717) is 10.0 Å². The zero-order valence-corrected chi connectivity index (χ0v) is 19.5. The molecule has 9 heteroatoms. The van der Waals surface area contributed by atoms with Crippen LogP contribution in [0.15, 0.2) is 48.5 Å². The van der Waals surface area contributed by atoms with Gasteiger partial charge in [0.25, 0.3) is 0 Å². The molecule has 0 N–H and O–H groups in total. The molecule has 0 bridgehead atoms. The Bertz CT molecular complexity index is 668. The molecule has 2 aromatic rings. The van der Waals surface area contributed by atoms with Crippen molar-refractivity contribution in [3.8, 4) is 11.1 Å². The van der Waals surface area contributed by atoms with Gasteiger partial charge >= 0.3 is 41.7 Å². The van der Waals surface area contributed by atoms with Crippen LogP contribution in [-0.4, -0.2) is 17.9 Å². The molecule has 0 spiro atoms. The first-order valence-electron chi connectivity index (χ1n) is 7.01. The summed E-state index contributed by atoms with van der Waals surface area (Å²) < 4.78 is 0. The second-order valence-corrected chi connectivity index (χ2v) is 5.23. The van der Waals surface area contributed by atoms with Gasteiger partial charge in [0, 0.05) is 23.5 Å². The van der Waals surface area contributed by atoms with E-state index < -0.39 is 17.9 Å². The molecule has 0 unspecified atom stereocenters. The van der Waals surface area contributed by atoms with Crippen LogP contribution in [0.25, 0.3) is 11.1 Å². The smallest absolute Gasteiger partial charge is 0.550 e. The summed E-state index contributed by atoms with van der Waals surface area (Å²) in [4.78, 5) is 26.7. The van der Waals surface area contributed by atoms with Gasteiger partial charge in [0.2, 0.25) is 0 Å². The Morgan fingerprint density at radius 2 is 1.07 bits per heavy atom. The molecular formula is C18H17CeCl2O6. The second kappa shape index (κ2) is 18.2. The molecule has 27 heavy (non-hydrogen) atoms. The summed E-state index contributed by atoms with van der Waals surface area (Å²) >= 11 is 12.0. The minimum atomic E-state index is -1.08. The summed E-state index contributed by atoms with van der Waals surface area (Å²) in [6, 6.07) is 15.6. The molecule has 0 saturated carbocycles. The molecule has 2 aromatic carbocycles. The Hall–Kier alpha value is -1.19. The summed E-state index contributed by atoms with van der Waals surface area (Å²) in [5.41, 5.74) is 2.06. The van der Waals surface area contributed by atoms with Crippen LogP contribution in [0.3, 0.4) is 0 Å².